The normalized spacial score (nSPS) is 15.2. The molecule has 0 saturated carbocycles. The quantitative estimate of drug-likeness (QED) is 0.464. The number of ether oxygens (including phenoxy) is 1. The lowest BCUT2D eigenvalue weighted by molar-refractivity contribution is 0.383. The molecule has 30 heavy (non-hydrogen) atoms. The highest BCUT2D eigenvalue weighted by Gasteiger charge is 2.29. The van der Waals surface area contributed by atoms with Gasteiger partial charge in [0.1, 0.15) is 17.4 Å². The second kappa shape index (κ2) is 8.86. The van der Waals surface area contributed by atoms with Crippen LogP contribution < -0.4 is 9.64 Å². The Kier molecular flexibility index (Phi) is 6.21. The molecule has 3 aromatic rings. The van der Waals surface area contributed by atoms with Gasteiger partial charge >= 0.3 is 0 Å². The average Bonchev–Trinajstić information content (AvgIpc) is 2.74. The molecule has 7 nitrogen and oxygen atoms in total. The van der Waals surface area contributed by atoms with E-state index in [1.807, 2.05) is 49.4 Å². The van der Waals surface area contributed by atoms with Crippen molar-refractivity contribution in [2.75, 3.05) is 31.1 Å². The summed E-state index contributed by atoms with van der Waals surface area (Å²) in [5.41, 5.74) is 0. The third kappa shape index (κ3) is 4.73. The number of anilines is 1. The molecule has 0 amide bonds. The van der Waals surface area contributed by atoms with Crippen molar-refractivity contribution >= 4 is 38.4 Å². The molecule has 4 rings (SSSR count). The summed E-state index contributed by atoms with van der Waals surface area (Å²) in [6.07, 6.45) is 0. The van der Waals surface area contributed by atoms with E-state index in [2.05, 4.69) is 37.5 Å². The number of sulfonamides is 1. The van der Waals surface area contributed by atoms with Gasteiger partial charge < -0.3 is 9.64 Å². The van der Waals surface area contributed by atoms with Crippen molar-refractivity contribution < 1.29 is 13.2 Å². The first-order chi connectivity index (χ1) is 14.4. The Morgan fingerprint density at radius 1 is 0.933 bits per heavy atom. The molecule has 0 bridgehead atoms. The van der Waals surface area contributed by atoms with Crippen LogP contribution in [0.15, 0.2) is 65.6 Å². The van der Waals surface area contributed by atoms with E-state index in [4.69, 9.17) is 4.74 Å². The Bertz CT molecular complexity index is 1120. The molecule has 0 atom stereocenters. The molecule has 0 radical (unpaired) electrons. The lowest BCUT2D eigenvalue weighted by Crippen LogP contribution is -2.49. The minimum atomic E-state index is -3.50. The van der Waals surface area contributed by atoms with Gasteiger partial charge in [-0.25, -0.2) is 13.4 Å². The Hall–Kier alpha value is -2.24. The summed E-state index contributed by atoms with van der Waals surface area (Å²) < 4.78 is 34.2. The molecule has 2 aromatic carbocycles. The van der Waals surface area contributed by atoms with Crippen LogP contribution in [0.1, 0.15) is 5.82 Å². The summed E-state index contributed by atoms with van der Waals surface area (Å²) in [6.45, 7) is 3.70. The molecule has 156 valence electrons. The number of piperazine rings is 1. The van der Waals surface area contributed by atoms with Gasteiger partial charge in [-0.05, 0) is 65.9 Å². The maximum absolute atomic E-state index is 12.9. The van der Waals surface area contributed by atoms with Gasteiger partial charge in [0, 0.05) is 35.8 Å². The Morgan fingerprint density at radius 2 is 1.60 bits per heavy atom. The molecule has 1 aliphatic heterocycles. The zero-order valence-corrected chi connectivity index (χ0v) is 19.4. The van der Waals surface area contributed by atoms with Crippen molar-refractivity contribution in [3.63, 3.8) is 0 Å². The summed E-state index contributed by atoms with van der Waals surface area (Å²) >= 11 is 2.16. The highest BCUT2D eigenvalue weighted by molar-refractivity contribution is 14.1. The highest BCUT2D eigenvalue weighted by Crippen LogP contribution is 2.25. The van der Waals surface area contributed by atoms with Gasteiger partial charge in [-0.2, -0.15) is 9.29 Å². The first kappa shape index (κ1) is 21.0. The number of benzene rings is 2. The van der Waals surface area contributed by atoms with Crippen LogP contribution in [-0.4, -0.2) is 48.9 Å². The van der Waals surface area contributed by atoms with Crippen LogP contribution in [0.25, 0.3) is 0 Å². The van der Waals surface area contributed by atoms with Gasteiger partial charge in [0.15, 0.2) is 0 Å². The van der Waals surface area contributed by atoms with Crippen molar-refractivity contribution in [1.29, 1.82) is 0 Å². The molecule has 1 aromatic heterocycles. The summed E-state index contributed by atoms with van der Waals surface area (Å²) in [4.78, 5) is 11.3. The van der Waals surface area contributed by atoms with E-state index in [9.17, 15) is 8.42 Å². The van der Waals surface area contributed by atoms with E-state index in [0.29, 0.717) is 48.5 Å². The maximum Gasteiger partial charge on any atom is 0.243 e. The number of rotatable bonds is 5. The summed E-state index contributed by atoms with van der Waals surface area (Å²) in [5, 5.41) is 0. The lowest BCUT2D eigenvalue weighted by atomic mass is 10.3. The number of hydrogen-bond acceptors (Lipinski definition) is 6. The fraction of sp³-hybridized carbons (Fsp3) is 0.238. The SMILES string of the molecule is Cc1nc(Oc2ccccc2)cc(N2CCN(S(=O)(=O)c3ccc(I)cc3)CC2)n1. The molecular weight excluding hydrogens is 515 g/mol. The lowest BCUT2D eigenvalue weighted by Gasteiger charge is -2.34. The van der Waals surface area contributed by atoms with Crippen LogP contribution in [0.3, 0.4) is 0 Å². The molecule has 0 unspecified atom stereocenters. The van der Waals surface area contributed by atoms with E-state index in [1.165, 1.54) is 4.31 Å². The van der Waals surface area contributed by atoms with Crippen LogP contribution >= 0.6 is 22.6 Å². The third-order valence-corrected chi connectivity index (χ3v) is 7.41. The number of halogens is 1. The van der Waals surface area contributed by atoms with Crippen LogP contribution in [0.4, 0.5) is 5.82 Å². The summed E-state index contributed by atoms with van der Waals surface area (Å²) in [7, 11) is -3.50. The standard InChI is InChI=1S/C21H21IN4O3S/c1-16-23-20(15-21(24-16)29-18-5-3-2-4-6-18)25-11-13-26(14-12-25)30(27,28)19-9-7-17(22)8-10-19/h2-10,15H,11-14H2,1H3. The molecular formula is C21H21IN4O3S. The fourth-order valence-electron chi connectivity index (χ4n) is 3.26. The molecule has 1 aliphatic rings. The predicted octanol–water partition coefficient (Wildman–Crippen LogP) is 3.69. The Labute approximate surface area is 189 Å². The maximum atomic E-state index is 12.9. The third-order valence-electron chi connectivity index (χ3n) is 4.78. The molecule has 9 heteroatoms. The van der Waals surface area contributed by atoms with Crippen molar-refractivity contribution in [3.05, 3.63) is 70.1 Å². The molecule has 0 spiro atoms. The van der Waals surface area contributed by atoms with Crippen LogP contribution in [0.2, 0.25) is 0 Å². The Morgan fingerprint density at radius 3 is 2.27 bits per heavy atom. The van der Waals surface area contributed by atoms with Crippen molar-refractivity contribution in [1.82, 2.24) is 14.3 Å². The van der Waals surface area contributed by atoms with E-state index in [1.54, 1.807) is 18.2 Å². The van der Waals surface area contributed by atoms with Gasteiger partial charge in [0.25, 0.3) is 0 Å². The van der Waals surface area contributed by atoms with Crippen LogP contribution in [0, 0.1) is 10.5 Å². The molecule has 2 heterocycles. The second-order valence-electron chi connectivity index (χ2n) is 6.87. The topological polar surface area (TPSA) is 75.6 Å². The predicted molar refractivity (Wildman–Crippen MR) is 123 cm³/mol. The summed E-state index contributed by atoms with van der Waals surface area (Å²) in [5.74, 6) is 2.51. The first-order valence-corrected chi connectivity index (χ1v) is 12.0. The van der Waals surface area contributed by atoms with Gasteiger partial charge in [0.05, 0.1) is 4.90 Å². The largest absolute Gasteiger partial charge is 0.439 e. The zero-order valence-electron chi connectivity index (χ0n) is 16.4. The monoisotopic (exact) mass is 536 g/mol. The van der Waals surface area contributed by atoms with Gasteiger partial charge in [-0.1, -0.05) is 18.2 Å². The van der Waals surface area contributed by atoms with E-state index in [-0.39, 0.29) is 0 Å². The smallest absolute Gasteiger partial charge is 0.243 e. The minimum absolute atomic E-state index is 0.327. The van der Waals surface area contributed by atoms with Gasteiger partial charge in [-0.3, -0.25) is 0 Å². The van der Waals surface area contributed by atoms with Crippen molar-refractivity contribution in [2.45, 2.75) is 11.8 Å². The molecule has 0 N–H and O–H groups in total. The van der Waals surface area contributed by atoms with Crippen LogP contribution in [0.5, 0.6) is 11.6 Å². The number of aryl methyl sites for hydroxylation is 1. The summed E-state index contributed by atoms with van der Waals surface area (Å²) in [6, 6.07) is 18.2. The van der Waals surface area contributed by atoms with E-state index in [0.717, 1.165) is 9.39 Å². The van der Waals surface area contributed by atoms with Gasteiger partial charge in [0.2, 0.25) is 15.9 Å². The van der Waals surface area contributed by atoms with Crippen LogP contribution in [-0.2, 0) is 10.0 Å². The first-order valence-electron chi connectivity index (χ1n) is 9.51. The number of hydrogen-bond donors (Lipinski definition) is 0. The Balaban J connectivity index is 1.47. The zero-order chi connectivity index (χ0) is 21.1. The highest BCUT2D eigenvalue weighted by atomic mass is 127. The van der Waals surface area contributed by atoms with Crippen molar-refractivity contribution in [3.8, 4) is 11.6 Å². The second-order valence-corrected chi connectivity index (χ2v) is 10.1. The number of nitrogens with zero attached hydrogens (tertiary/aromatic N) is 4. The molecule has 0 aliphatic carbocycles. The minimum Gasteiger partial charge on any atom is -0.439 e. The average molecular weight is 536 g/mol. The van der Waals surface area contributed by atoms with E-state index < -0.39 is 10.0 Å². The number of aromatic nitrogens is 2. The van der Waals surface area contributed by atoms with Gasteiger partial charge in [-0.15, -0.1) is 0 Å². The molecule has 1 saturated heterocycles. The van der Waals surface area contributed by atoms with Crippen molar-refractivity contribution in [2.24, 2.45) is 0 Å². The number of para-hydroxylation sites is 1. The van der Waals surface area contributed by atoms with E-state index >= 15 is 0 Å². The molecule has 1 fully saturated rings. The fourth-order valence-corrected chi connectivity index (χ4v) is 5.04.